The van der Waals surface area contributed by atoms with Crippen molar-refractivity contribution < 1.29 is 4.79 Å². The molecule has 2 aromatic rings. The second-order valence-electron chi connectivity index (χ2n) is 4.23. The number of aromatic nitrogens is 1. The molecule has 1 aliphatic heterocycles. The number of nitrogens with zero attached hydrogens (tertiary/aromatic N) is 1. The van der Waals surface area contributed by atoms with Crippen molar-refractivity contribution in [2.24, 2.45) is 5.73 Å². The minimum absolute atomic E-state index is 0.415. The molecule has 1 amide bonds. The summed E-state index contributed by atoms with van der Waals surface area (Å²) in [5.41, 5.74) is 8.65. The van der Waals surface area contributed by atoms with E-state index in [0.717, 1.165) is 16.9 Å². The number of allylic oxidation sites excluding steroid dienone is 4. The number of nitrogens with one attached hydrogen (secondary N) is 1. The lowest BCUT2D eigenvalue weighted by molar-refractivity contribution is 0.100. The van der Waals surface area contributed by atoms with Crippen LogP contribution in [0, 0.1) is 0 Å². The van der Waals surface area contributed by atoms with E-state index in [0.29, 0.717) is 5.56 Å². The van der Waals surface area contributed by atoms with E-state index in [-0.39, 0.29) is 0 Å². The van der Waals surface area contributed by atoms with E-state index in [1.165, 1.54) is 0 Å². The molecule has 0 saturated carbocycles. The maximum atomic E-state index is 11.4. The first kappa shape index (κ1) is 11.3. The van der Waals surface area contributed by atoms with E-state index in [9.17, 15) is 4.79 Å². The largest absolute Gasteiger partial charge is 0.366 e. The number of fused-ring (bicyclic) bond motifs is 1. The fourth-order valence-corrected chi connectivity index (χ4v) is 2.18. The highest BCUT2D eigenvalue weighted by atomic mass is 16.1. The number of pyridine rings is 1. The Balaban J connectivity index is 2.20. The van der Waals surface area contributed by atoms with Gasteiger partial charge < -0.3 is 15.5 Å². The van der Waals surface area contributed by atoms with Gasteiger partial charge in [0.25, 0.3) is 5.91 Å². The van der Waals surface area contributed by atoms with Gasteiger partial charge in [0.05, 0.1) is 22.5 Å². The Kier molecular flexibility index (Phi) is 2.68. The highest BCUT2D eigenvalue weighted by Gasteiger charge is 2.11. The molecular weight excluding hydrogens is 238 g/mol. The molecule has 1 aliphatic rings. The normalized spacial score (nSPS) is 14.0. The molecule has 0 fully saturated rings. The molecule has 4 heteroatoms. The molecule has 0 radical (unpaired) electrons. The van der Waals surface area contributed by atoms with Crippen molar-refractivity contribution in [2.75, 3.05) is 0 Å². The first-order valence-electron chi connectivity index (χ1n) is 5.97. The molecule has 0 bridgehead atoms. The van der Waals surface area contributed by atoms with Crippen LogP contribution < -0.4 is 11.1 Å². The molecule has 0 aromatic carbocycles. The molecule has 3 rings (SSSR count). The lowest BCUT2D eigenvalue weighted by atomic mass is 10.2. The van der Waals surface area contributed by atoms with E-state index in [2.05, 4.69) is 5.32 Å². The maximum Gasteiger partial charge on any atom is 0.250 e. The summed E-state index contributed by atoms with van der Waals surface area (Å²) in [4.78, 5) is 11.4. The molecule has 0 unspecified atom stereocenters. The molecule has 0 atom stereocenters. The quantitative estimate of drug-likeness (QED) is 0.858. The van der Waals surface area contributed by atoms with Crippen molar-refractivity contribution in [1.29, 1.82) is 0 Å². The van der Waals surface area contributed by atoms with Gasteiger partial charge in [-0.25, -0.2) is 0 Å². The van der Waals surface area contributed by atoms with Crippen LogP contribution in [0.2, 0.25) is 0 Å². The van der Waals surface area contributed by atoms with Crippen molar-refractivity contribution in [3.63, 3.8) is 0 Å². The van der Waals surface area contributed by atoms with Gasteiger partial charge in [0.15, 0.2) is 0 Å². The zero-order valence-corrected chi connectivity index (χ0v) is 10.2. The lowest BCUT2D eigenvalue weighted by Crippen LogP contribution is -2.11. The van der Waals surface area contributed by atoms with Crippen molar-refractivity contribution >= 4 is 17.1 Å². The van der Waals surface area contributed by atoms with Gasteiger partial charge in [-0.15, -0.1) is 0 Å². The number of hydrogen-bond donors (Lipinski definition) is 2. The second kappa shape index (κ2) is 4.49. The zero-order valence-electron chi connectivity index (χ0n) is 10.2. The van der Waals surface area contributed by atoms with Crippen LogP contribution in [-0.4, -0.2) is 10.3 Å². The second-order valence-corrected chi connectivity index (χ2v) is 4.23. The first-order valence-corrected chi connectivity index (χ1v) is 5.97. The van der Waals surface area contributed by atoms with Gasteiger partial charge in [-0.05, 0) is 30.4 Å². The third-order valence-electron chi connectivity index (χ3n) is 3.06. The van der Waals surface area contributed by atoms with E-state index >= 15 is 0 Å². The van der Waals surface area contributed by atoms with Crippen LogP contribution in [0.5, 0.6) is 0 Å². The van der Waals surface area contributed by atoms with Gasteiger partial charge in [-0.3, -0.25) is 4.79 Å². The maximum absolute atomic E-state index is 11.4. The van der Waals surface area contributed by atoms with Crippen LogP contribution in [0.3, 0.4) is 0 Å². The topological polar surface area (TPSA) is 59.5 Å². The van der Waals surface area contributed by atoms with Crippen molar-refractivity contribution in [3.05, 3.63) is 72.2 Å². The van der Waals surface area contributed by atoms with Crippen LogP contribution in [0.4, 0.5) is 0 Å². The molecule has 2 aromatic heterocycles. The highest BCUT2D eigenvalue weighted by molar-refractivity contribution is 6.00. The van der Waals surface area contributed by atoms with Gasteiger partial charge in [0, 0.05) is 12.4 Å². The Hall–Kier alpha value is -2.75. The summed E-state index contributed by atoms with van der Waals surface area (Å²) in [5.74, 6) is -0.415. The van der Waals surface area contributed by atoms with Crippen LogP contribution in [0.1, 0.15) is 16.1 Å². The Labute approximate surface area is 110 Å². The third-order valence-corrected chi connectivity index (χ3v) is 3.06. The Morgan fingerprint density at radius 2 is 2.05 bits per heavy atom. The van der Waals surface area contributed by atoms with Gasteiger partial charge in [0.1, 0.15) is 0 Å². The number of rotatable bonds is 2. The number of primary amides is 1. The van der Waals surface area contributed by atoms with Gasteiger partial charge in [-0.2, -0.15) is 0 Å². The molecular formula is C15H13N3O. The molecule has 0 spiro atoms. The molecule has 0 aliphatic carbocycles. The van der Waals surface area contributed by atoms with Gasteiger partial charge in [-0.1, -0.05) is 18.2 Å². The molecule has 4 nitrogen and oxygen atoms in total. The summed E-state index contributed by atoms with van der Waals surface area (Å²) in [6.07, 6.45) is 11.5. The third kappa shape index (κ3) is 1.93. The standard InChI is InChI=1S/C15H13N3O/c16-15(19)11-8-10-18-13(11)6-4-7-14(18)12-5-2-1-3-9-17-12/h1-10,17H,(H2,16,19). The van der Waals surface area contributed by atoms with Crippen LogP contribution in [-0.2, 0) is 0 Å². The number of nitrogens with two attached hydrogens (primary N) is 1. The summed E-state index contributed by atoms with van der Waals surface area (Å²) in [6.45, 7) is 0. The lowest BCUT2D eigenvalue weighted by Gasteiger charge is -2.10. The van der Waals surface area contributed by atoms with E-state index in [1.807, 2.05) is 59.3 Å². The zero-order chi connectivity index (χ0) is 13.2. The predicted octanol–water partition coefficient (Wildman–Crippen LogP) is 2.05. The fraction of sp³-hybridized carbons (Fsp3) is 0. The van der Waals surface area contributed by atoms with E-state index in [4.69, 9.17) is 5.73 Å². The smallest absolute Gasteiger partial charge is 0.250 e. The average molecular weight is 251 g/mol. The van der Waals surface area contributed by atoms with Crippen molar-refractivity contribution in [3.8, 4) is 0 Å². The van der Waals surface area contributed by atoms with Crippen molar-refractivity contribution in [2.45, 2.75) is 0 Å². The Morgan fingerprint density at radius 1 is 1.16 bits per heavy atom. The van der Waals surface area contributed by atoms with E-state index in [1.54, 1.807) is 6.07 Å². The summed E-state index contributed by atoms with van der Waals surface area (Å²) in [5, 5.41) is 3.21. The van der Waals surface area contributed by atoms with Crippen molar-refractivity contribution in [1.82, 2.24) is 9.72 Å². The SMILES string of the molecule is NC(=O)c1ccn2c(C3=CC=CC=CN3)cccc12. The number of carbonyl (C=O) groups excluding carboxylic acids is 1. The number of amides is 1. The van der Waals surface area contributed by atoms with Crippen LogP contribution in [0.15, 0.2) is 61.0 Å². The minimum Gasteiger partial charge on any atom is -0.366 e. The fourth-order valence-electron chi connectivity index (χ4n) is 2.18. The minimum atomic E-state index is -0.415. The summed E-state index contributed by atoms with van der Waals surface area (Å²) in [7, 11) is 0. The first-order chi connectivity index (χ1) is 9.27. The van der Waals surface area contributed by atoms with Gasteiger partial charge in [0.2, 0.25) is 0 Å². The number of carbonyl (C=O) groups is 1. The summed E-state index contributed by atoms with van der Waals surface area (Å²) < 4.78 is 1.95. The molecule has 0 saturated heterocycles. The van der Waals surface area contributed by atoms with Crippen LogP contribution >= 0.6 is 0 Å². The predicted molar refractivity (Wildman–Crippen MR) is 75.3 cm³/mol. The summed E-state index contributed by atoms with van der Waals surface area (Å²) in [6, 6.07) is 7.53. The monoisotopic (exact) mass is 251 g/mol. The van der Waals surface area contributed by atoms with Gasteiger partial charge >= 0.3 is 0 Å². The highest BCUT2D eigenvalue weighted by Crippen LogP contribution is 2.19. The Morgan fingerprint density at radius 3 is 2.89 bits per heavy atom. The molecule has 94 valence electrons. The Bertz CT molecular complexity index is 735. The molecule has 3 N–H and O–H groups in total. The average Bonchev–Trinajstić information content (AvgIpc) is 2.66. The molecule has 3 heterocycles. The van der Waals surface area contributed by atoms with Crippen LogP contribution in [0.25, 0.3) is 11.2 Å². The summed E-state index contributed by atoms with van der Waals surface area (Å²) >= 11 is 0. The molecule has 19 heavy (non-hydrogen) atoms. The van der Waals surface area contributed by atoms with E-state index < -0.39 is 5.91 Å². The number of hydrogen-bond acceptors (Lipinski definition) is 2.